The lowest BCUT2D eigenvalue weighted by molar-refractivity contribution is -0.123. The number of nitrogens with one attached hydrogen (secondary N) is 2. The predicted octanol–water partition coefficient (Wildman–Crippen LogP) is 2.18. The summed E-state index contributed by atoms with van der Waals surface area (Å²) >= 11 is 5.80. The monoisotopic (exact) mass is 388 g/mol. The quantitative estimate of drug-likeness (QED) is 0.678. The first kappa shape index (κ1) is 21.4. The van der Waals surface area contributed by atoms with Crippen LogP contribution in [0.1, 0.15) is 43.5 Å². The van der Waals surface area contributed by atoms with Crippen LogP contribution in [0.3, 0.4) is 0 Å². The number of rotatable bonds is 9. The smallest absolute Gasteiger partial charge is 0.251 e. The van der Waals surface area contributed by atoms with E-state index >= 15 is 0 Å². The Kier molecular flexibility index (Phi) is 8.38. The van der Waals surface area contributed by atoms with Gasteiger partial charge in [0.05, 0.1) is 5.75 Å². The summed E-state index contributed by atoms with van der Waals surface area (Å²) in [4.78, 5) is 24.8. The lowest BCUT2D eigenvalue weighted by Gasteiger charge is -2.22. The van der Waals surface area contributed by atoms with Crippen molar-refractivity contribution in [3.63, 3.8) is 0 Å². The third-order valence-corrected chi connectivity index (χ3v) is 5.07. The van der Waals surface area contributed by atoms with Crippen molar-refractivity contribution >= 4 is 33.3 Å². The van der Waals surface area contributed by atoms with Gasteiger partial charge in [-0.15, -0.1) is 0 Å². The number of carbonyl (C=O) groups is 2. The Bertz CT molecular complexity index is 685. The maximum absolute atomic E-state index is 12.5. The fourth-order valence-electron chi connectivity index (χ4n) is 2.24. The molecule has 0 fully saturated rings. The van der Waals surface area contributed by atoms with Crippen molar-refractivity contribution in [1.29, 1.82) is 0 Å². The zero-order chi connectivity index (χ0) is 19.0. The number of hydrogen-bond acceptors (Lipinski definition) is 4. The second kappa shape index (κ2) is 9.77. The fraction of sp³-hybridized carbons (Fsp3) is 0.529. The first-order valence-corrected chi connectivity index (χ1v) is 10.6. The molecule has 0 saturated carbocycles. The average molecular weight is 389 g/mol. The molecule has 0 saturated heterocycles. The van der Waals surface area contributed by atoms with Gasteiger partial charge in [-0.3, -0.25) is 9.59 Å². The highest BCUT2D eigenvalue weighted by molar-refractivity contribution is 7.90. The van der Waals surface area contributed by atoms with Crippen LogP contribution in [0.25, 0.3) is 0 Å². The van der Waals surface area contributed by atoms with Crippen LogP contribution in [-0.4, -0.2) is 44.3 Å². The zero-order valence-corrected chi connectivity index (χ0v) is 16.3. The number of carbonyl (C=O) groups excluding carboxylic acids is 2. The topological polar surface area (TPSA) is 92.3 Å². The van der Waals surface area contributed by atoms with E-state index in [0.29, 0.717) is 10.6 Å². The number of hydrogen-bond donors (Lipinski definition) is 2. The van der Waals surface area contributed by atoms with E-state index in [1.54, 1.807) is 24.3 Å². The minimum Gasteiger partial charge on any atom is -0.352 e. The van der Waals surface area contributed by atoms with Gasteiger partial charge in [0.2, 0.25) is 5.91 Å². The van der Waals surface area contributed by atoms with Crippen molar-refractivity contribution in [1.82, 2.24) is 10.6 Å². The molecule has 0 heterocycles. The van der Waals surface area contributed by atoms with E-state index in [0.717, 1.165) is 19.1 Å². The standard InChI is InChI=1S/C17H25ClN2O4S/c1-4-14(5-2)19-17(22)15(10-11-25(3,23)24)20-16(21)12-6-8-13(18)9-7-12/h6-9,14-15H,4-5,10-11H2,1-3H3,(H,19,22)(H,20,21). The van der Waals surface area contributed by atoms with Gasteiger partial charge in [-0.1, -0.05) is 25.4 Å². The number of benzene rings is 1. The van der Waals surface area contributed by atoms with Gasteiger partial charge in [0.25, 0.3) is 5.91 Å². The first-order valence-electron chi connectivity index (χ1n) is 8.20. The van der Waals surface area contributed by atoms with E-state index in [9.17, 15) is 18.0 Å². The zero-order valence-electron chi connectivity index (χ0n) is 14.7. The third kappa shape index (κ3) is 7.88. The average Bonchev–Trinajstić information content (AvgIpc) is 2.55. The summed E-state index contributed by atoms with van der Waals surface area (Å²) in [5, 5.41) is 5.97. The van der Waals surface area contributed by atoms with Crippen LogP contribution in [0.5, 0.6) is 0 Å². The maximum atomic E-state index is 12.5. The summed E-state index contributed by atoms with van der Waals surface area (Å²) in [6.45, 7) is 3.90. The number of sulfone groups is 1. The predicted molar refractivity (Wildman–Crippen MR) is 99.5 cm³/mol. The SMILES string of the molecule is CCC(CC)NC(=O)C(CCS(C)(=O)=O)NC(=O)c1ccc(Cl)cc1. The van der Waals surface area contributed by atoms with Gasteiger partial charge < -0.3 is 10.6 Å². The fourth-order valence-corrected chi connectivity index (χ4v) is 3.03. The molecule has 0 aromatic heterocycles. The van der Waals surface area contributed by atoms with Gasteiger partial charge in [0.15, 0.2) is 0 Å². The van der Waals surface area contributed by atoms with E-state index < -0.39 is 21.8 Å². The molecule has 0 aliphatic heterocycles. The van der Waals surface area contributed by atoms with Gasteiger partial charge in [-0.25, -0.2) is 8.42 Å². The van der Waals surface area contributed by atoms with E-state index in [-0.39, 0.29) is 24.1 Å². The van der Waals surface area contributed by atoms with Crippen LogP contribution in [0.4, 0.5) is 0 Å². The minimum absolute atomic E-state index is 0.0133. The third-order valence-electron chi connectivity index (χ3n) is 3.84. The first-order chi connectivity index (χ1) is 11.7. The Morgan fingerprint density at radius 1 is 1.08 bits per heavy atom. The van der Waals surface area contributed by atoms with E-state index in [1.165, 1.54) is 0 Å². The molecule has 1 aromatic carbocycles. The Morgan fingerprint density at radius 2 is 1.64 bits per heavy atom. The summed E-state index contributed by atoms with van der Waals surface area (Å²) in [6, 6.07) is 5.31. The Balaban J connectivity index is 2.87. The minimum atomic E-state index is -3.25. The summed E-state index contributed by atoms with van der Waals surface area (Å²) in [6.07, 6.45) is 2.63. The summed E-state index contributed by atoms with van der Waals surface area (Å²) in [5.41, 5.74) is 0.351. The molecule has 25 heavy (non-hydrogen) atoms. The second-order valence-corrected chi connectivity index (χ2v) is 8.67. The van der Waals surface area contributed by atoms with Gasteiger partial charge >= 0.3 is 0 Å². The van der Waals surface area contributed by atoms with Crippen molar-refractivity contribution in [3.05, 3.63) is 34.9 Å². The molecule has 1 aromatic rings. The van der Waals surface area contributed by atoms with Crippen LogP contribution < -0.4 is 10.6 Å². The molecule has 6 nitrogen and oxygen atoms in total. The molecule has 1 unspecified atom stereocenters. The van der Waals surface area contributed by atoms with Crippen LogP contribution in [0.15, 0.2) is 24.3 Å². The van der Waals surface area contributed by atoms with Crippen molar-refractivity contribution in [2.45, 2.75) is 45.2 Å². The Labute approximate surface area is 154 Å². The molecule has 0 radical (unpaired) electrons. The molecule has 0 aliphatic carbocycles. The van der Waals surface area contributed by atoms with Crippen molar-refractivity contribution in [3.8, 4) is 0 Å². The van der Waals surface area contributed by atoms with Crippen LogP contribution in [0, 0.1) is 0 Å². The van der Waals surface area contributed by atoms with Crippen LogP contribution in [-0.2, 0) is 14.6 Å². The van der Waals surface area contributed by atoms with Crippen LogP contribution in [0.2, 0.25) is 5.02 Å². The second-order valence-electron chi connectivity index (χ2n) is 5.97. The highest BCUT2D eigenvalue weighted by Crippen LogP contribution is 2.10. The molecule has 0 aliphatic rings. The normalized spacial score (nSPS) is 12.7. The van der Waals surface area contributed by atoms with E-state index in [2.05, 4.69) is 10.6 Å². The number of amides is 2. The molecular weight excluding hydrogens is 364 g/mol. The van der Waals surface area contributed by atoms with Gasteiger partial charge in [-0.2, -0.15) is 0 Å². The molecule has 1 rings (SSSR count). The summed E-state index contributed by atoms with van der Waals surface area (Å²) in [7, 11) is -3.25. The lowest BCUT2D eigenvalue weighted by Crippen LogP contribution is -2.50. The summed E-state index contributed by atoms with van der Waals surface area (Å²) in [5.74, 6) is -1.01. The molecule has 2 amide bonds. The highest BCUT2D eigenvalue weighted by Gasteiger charge is 2.24. The van der Waals surface area contributed by atoms with Gasteiger partial charge in [0.1, 0.15) is 15.9 Å². The molecule has 8 heteroatoms. The molecule has 0 spiro atoms. The molecule has 140 valence electrons. The van der Waals surface area contributed by atoms with Gasteiger partial charge in [-0.05, 0) is 43.5 Å². The van der Waals surface area contributed by atoms with Crippen molar-refractivity contribution in [2.75, 3.05) is 12.0 Å². The highest BCUT2D eigenvalue weighted by atomic mass is 35.5. The van der Waals surface area contributed by atoms with E-state index in [4.69, 9.17) is 11.6 Å². The molecule has 1 atom stereocenters. The summed E-state index contributed by atoms with van der Waals surface area (Å²) < 4.78 is 22.9. The Hall–Kier alpha value is -1.60. The van der Waals surface area contributed by atoms with Crippen LogP contribution >= 0.6 is 11.6 Å². The Morgan fingerprint density at radius 3 is 2.12 bits per heavy atom. The van der Waals surface area contributed by atoms with Crippen molar-refractivity contribution in [2.24, 2.45) is 0 Å². The molecule has 0 bridgehead atoms. The van der Waals surface area contributed by atoms with E-state index in [1.807, 2.05) is 13.8 Å². The van der Waals surface area contributed by atoms with Crippen molar-refractivity contribution < 1.29 is 18.0 Å². The van der Waals surface area contributed by atoms with Gasteiger partial charge in [0, 0.05) is 22.9 Å². The molecule has 2 N–H and O–H groups in total. The molecular formula is C17H25ClN2O4S. The lowest BCUT2D eigenvalue weighted by atomic mass is 10.1. The maximum Gasteiger partial charge on any atom is 0.251 e. The largest absolute Gasteiger partial charge is 0.352 e. The number of halogens is 1.